The molecule has 0 unspecified atom stereocenters. The summed E-state index contributed by atoms with van der Waals surface area (Å²) < 4.78 is 0.830. The van der Waals surface area contributed by atoms with Crippen molar-refractivity contribution in [2.24, 2.45) is 0 Å². The SMILES string of the molecule is C.Clc1c(N(c2ccccc2)c2ccccc2)cccc1N(c1ccccc1)c1ccccc1.Clc1cccc(Br)c1Cl.c1ccc(Nc2ccccc2)cc1. The van der Waals surface area contributed by atoms with E-state index >= 15 is 0 Å². The van der Waals surface area contributed by atoms with Crippen LogP contribution in [0.15, 0.2) is 223 Å². The second-order valence-electron chi connectivity index (χ2n) is 12.0. The second-order valence-corrected chi connectivity index (χ2v) is 14.0. The van der Waals surface area contributed by atoms with Crippen LogP contribution in [0, 0.1) is 0 Å². The fourth-order valence-corrected chi connectivity index (χ4v) is 6.78. The average molecular weight is 858 g/mol. The second kappa shape index (κ2) is 21.6. The van der Waals surface area contributed by atoms with E-state index in [1.54, 1.807) is 6.07 Å². The minimum Gasteiger partial charge on any atom is -0.356 e. The summed E-state index contributed by atoms with van der Waals surface area (Å²) >= 11 is 21.8. The Labute approximate surface area is 354 Å². The van der Waals surface area contributed by atoms with Crippen LogP contribution in [0.25, 0.3) is 0 Å². The third kappa shape index (κ3) is 11.3. The van der Waals surface area contributed by atoms with E-state index in [9.17, 15) is 0 Å². The molecule has 7 heteroatoms. The molecule has 0 atom stereocenters. The molecule has 0 aliphatic carbocycles. The van der Waals surface area contributed by atoms with Crippen LogP contribution in [0.5, 0.6) is 0 Å². The lowest BCUT2D eigenvalue weighted by molar-refractivity contribution is 1.25. The molecule has 0 heterocycles. The van der Waals surface area contributed by atoms with Crippen LogP contribution in [0.2, 0.25) is 15.1 Å². The van der Waals surface area contributed by atoms with Crippen LogP contribution in [-0.4, -0.2) is 0 Å². The van der Waals surface area contributed by atoms with E-state index in [4.69, 9.17) is 34.8 Å². The number of hydrogen-bond acceptors (Lipinski definition) is 3. The van der Waals surface area contributed by atoms with Crippen molar-refractivity contribution in [2.45, 2.75) is 7.43 Å². The first-order valence-electron chi connectivity index (χ1n) is 17.5. The lowest BCUT2D eigenvalue weighted by Crippen LogP contribution is -2.14. The summed E-state index contributed by atoms with van der Waals surface area (Å²) in [5, 5.41) is 5.13. The van der Waals surface area contributed by atoms with Crippen molar-refractivity contribution in [1.82, 2.24) is 0 Å². The Kier molecular flexibility index (Phi) is 16.0. The number of rotatable bonds is 8. The number of hydrogen-bond donors (Lipinski definition) is 1. The monoisotopic (exact) mass is 855 g/mol. The van der Waals surface area contributed by atoms with Gasteiger partial charge in [-0.15, -0.1) is 0 Å². The minimum absolute atomic E-state index is 0. The first kappa shape index (κ1) is 41.7. The van der Waals surface area contributed by atoms with Crippen LogP contribution >= 0.6 is 50.7 Å². The van der Waals surface area contributed by atoms with Crippen LogP contribution in [0.3, 0.4) is 0 Å². The van der Waals surface area contributed by atoms with Gasteiger partial charge >= 0.3 is 0 Å². The quantitative estimate of drug-likeness (QED) is 0.154. The number of benzene rings is 8. The van der Waals surface area contributed by atoms with Gasteiger partial charge in [0.25, 0.3) is 0 Å². The summed E-state index contributed by atoms with van der Waals surface area (Å²) in [5.74, 6) is 0. The van der Waals surface area contributed by atoms with Crippen molar-refractivity contribution >= 4 is 96.2 Å². The molecule has 0 saturated heterocycles. The van der Waals surface area contributed by atoms with E-state index in [2.05, 4.69) is 97.8 Å². The summed E-state index contributed by atoms with van der Waals surface area (Å²) in [6.45, 7) is 0. The number of nitrogens with one attached hydrogen (secondary N) is 1. The van der Waals surface area contributed by atoms with Crippen molar-refractivity contribution in [3.63, 3.8) is 0 Å². The molecule has 280 valence electrons. The highest BCUT2D eigenvalue weighted by molar-refractivity contribution is 9.10. The van der Waals surface area contributed by atoms with Crippen molar-refractivity contribution in [1.29, 1.82) is 0 Å². The Morgan fingerprint density at radius 3 is 0.946 bits per heavy atom. The number of para-hydroxylation sites is 6. The Hall–Kier alpha value is -5.49. The maximum absolute atomic E-state index is 7.21. The smallest absolute Gasteiger partial charge is 0.0887 e. The normalized spacial score (nSPS) is 10.0. The Balaban J connectivity index is 0.000000213. The van der Waals surface area contributed by atoms with Gasteiger partial charge in [-0.3, -0.25) is 0 Å². The van der Waals surface area contributed by atoms with E-state index in [1.807, 2.05) is 146 Å². The molecule has 1 N–H and O–H groups in total. The molecule has 8 aromatic rings. The van der Waals surface area contributed by atoms with Crippen molar-refractivity contribution in [3.05, 3.63) is 238 Å². The summed E-state index contributed by atoms with van der Waals surface area (Å²) in [5.41, 5.74) is 8.28. The molecule has 0 spiro atoms. The predicted molar refractivity (Wildman–Crippen MR) is 248 cm³/mol. The molecular weight excluding hydrogens is 817 g/mol. The fraction of sp³-hybridized carbons (Fsp3) is 0.0204. The van der Waals surface area contributed by atoms with E-state index in [0.717, 1.165) is 50.0 Å². The highest BCUT2D eigenvalue weighted by Gasteiger charge is 2.21. The molecular formula is C49H41BrCl3N3. The number of anilines is 8. The average Bonchev–Trinajstić information content (AvgIpc) is 3.24. The molecule has 0 fully saturated rings. The number of halogens is 4. The molecule has 0 aromatic heterocycles. The van der Waals surface area contributed by atoms with Gasteiger partial charge in [-0.05, 0) is 113 Å². The molecule has 0 bridgehead atoms. The summed E-state index contributed by atoms with van der Waals surface area (Å²) in [6, 6.07) is 73.2. The van der Waals surface area contributed by atoms with Crippen LogP contribution in [-0.2, 0) is 0 Å². The van der Waals surface area contributed by atoms with Crippen molar-refractivity contribution < 1.29 is 0 Å². The maximum Gasteiger partial charge on any atom is 0.0887 e. The zero-order valence-electron chi connectivity index (χ0n) is 29.7. The van der Waals surface area contributed by atoms with Crippen LogP contribution < -0.4 is 15.1 Å². The molecule has 0 aliphatic heterocycles. The highest BCUT2D eigenvalue weighted by Crippen LogP contribution is 2.46. The van der Waals surface area contributed by atoms with Gasteiger partial charge in [0, 0.05) is 38.6 Å². The first-order valence-corrected chi connectivity index (χ1v) is 19.5. The molecule has 0 radical (unpaired) electrons. The van der Waals surface area contributed by atoms with Gasteiger partial charge in [-0.25, -0.2) is 0 Å². The van der Waals surface area contributed by atoms with Crippen LogP contribution in [0.1, 0.15) is 7.43 Å². The number of nitrogens with zero attached hydrogens (tertiary/aromatic N) is 2. The topological polar surface area (TPSA) is 18.5 Å². The molecule has 3 nitrogen and oxygen atoms in total. The Morgan fingerprint density at radius 2 is 0.643 bits per heavy atom. The molecule has 8 rings (SSSR count). The molecule has 8 aromatic carbocycles. The molecule has 56 heavy (non-hydrogen) atoms. The lowest BCUT2D eigenvalue weighted by atomic mass is 10.1. The Bertz CT molecular complexity index is 2100. The van der Waals surface area contributed by atoms with Crippen molar-refractivity contribution in [2.75, 3.05) is 15.1 Å². The fourth-order valence-electron chi connectivity index (χ4n) is 5.70. The highest BCUT2D eigenvalue weighted by atomic mass is 79.9. The van der Waals surface area contributed by atoms with Crippen LogP contribution in [0.4, 0.5) is 45.5 Å². The lowest BCUT2D eigenvalue weighted by Gasteiger charge is -2.30. The maximum atomic E-state index is 7.21. The first-order chi connectivity index (χ1) is 27.0. The zero-order valence-corrected chi connectivity index (χ0v) is 33.5. The summed E-state index contributed by atoms with van der Waals surface area (Å²) in [4.78, 5) is 4.39. The van der Waals surface area contributed by atoms with Gasteiger partial charge < -0.3 is 15.1 Å². The molecule has 0 saturated carbocycles. The van der Waals surface area contributed by atoms with E-state index in [0.29, 0.717) is 15.1 Å². The third-order valence-electron chi connectivity index (χ3n) is 8.24. The molecule has 0 aliphatic rings. The van der Waals surface area contributed by atoms with Gasteiger partial charge in [-0.1, -0.05) is 164 Å². The van der Waals surface area contributed by atoms with Crippen molar-refractivity contribution in [3.8, 4) is 0 Å². The van der Waals surface area contributed by atoms with Gasteiger partial charge in [0.2, 0.25) is 0 Å². The van der Waals surface area contributed by atoms with Gasteiger partial charge in [0.05, 0.1) is 26.4 Å². The van der Waals surface area contributed by atoms with E-state index in [-0.39, 0.29) is 7.43 Å². The standard InChI is InChI=1S/C30H23ClN2.C12H11N.C6H3BrCl2.CH4/c31-30-28(32(24-14-5-1-6-15-24)25-16-7-2-8-17-25)22-13-23-29(30)33(26-18-9-3-10-19-26)27-20-11-4-12-21-27;1-3-7-11(8-4-1)13-12-9-5-2-6-10-12;7-4-2-1-3-5(8)6(4)9;/h1-23H;1-10,13H;1-3H;1H4. The largest absolute Gasteiger partial charge is 0.356 e. The third-order valence-corrected chi connectivity index (χ3v) is 10.3. The zero-order chi connectivity index (χ0) is 38.2. The molecule has 0 amide bonds. The van der Waals surface area contributed by atoms with E-state index in [1.165, 1.54) is 0 Å². The van der Waals surface area contributed by atoms with Gasteiger partial charge in [0.15, 0.2) is 0 Å². The summed E-state index contributed by atoms with van der Waals surface area (Å²) in [7, 11) is 0. The van der Waals surface area contributed by atoms with E-state index < -0.39 is 0 Å². The van der Waals surface area contributed by atoms with Gasteiger partial charge in [-0.2, -0.15) is 0 Å². The van der Waals surface area contributed by atoms with Gasteiger partial charge in [0.1, 0.15) is 0 Å². The summed E-state index contributed by atoms with van der Waals surface area (Å²) in [6.07, 6.45) is 0. The minimum atomic E-state index is 0. The Morgan fingerprint density at radius 1 is 0.339 bits per heavy atom. The predicted octanol–water partition coefficient (Wildman–Crippen LogP) is 17.1.